The molecule has 5 nitrogen and oxygen atoms in total. The van der Waals surface area contributed by atoms with Crippen molar-refractivity contribution in [1.29, 1.82) is 0 Å². The summed E-state index contributed by atoms with van der Waals surface area (Å²) in [4.78, 5) is 11.2. The van der Waals surface area contributed by atoms with Crippen LogP contribution in [-0.2, 0) is 14.6 Å². The largest absolute Gasteiger partial charge is 0.396 e. The average Bonchev–Trinajstić information content (AvgIpc) is 2.12. The molecule has 6 heteroatoms. The van der Waals surface area contributed by atoms with Crippen molar-refractivity contribution in [3.63, 3.8) is 0 Å². The first kappa shape index (κ1) is 15.4. The van der Waals surface area contributed by atoms with Crippen LogP contribution in [-0.4, -0.2) is 44.6 Å². The Morgan fingerprint density at radius 2 is 2.00 bits per heavy atom. The summed E-state index contributed by atoms with van der Waals surface area (Å²) >= 11 is 0. The van der Waals surface area contributed by atoms with Crippen molar-refractivity contribution in [3.8, 4) is 0 Å². The van der Waals surface area contributed by atoms with Gasteiger partial charge >= 0.3 is 0 Å². The molecule has 0 bridgehead atoms. The summed E-state index contributed by atoms with van der Waals surface area (Å²) in [6.07, 6.45) is 3.56. The zero-order chi connectivity index (χ0) is 12.6. The monoisotopic (exact) mass is 251 g/mol. The fourth-order valence-electron chi connectivity index (χ4n) is 1.49. The van der Waals surface area contributed by atoms with E-state index in [1.165, 1.54) is 0 Å². The third-order valence-corrected chi connectivity index (χ3v) is 3.00. The second-order valence-electron chi connectivity index (χ2n) is 4.04. The van der Waals surface area contributed by atoms with Crippen LogP contribution in [0.4, 0.5) is 0 Å². The summed E-state index contributed by atoms with van der Waals surface area (Å²) in [6, 6.07) is 0. The molecule has 1 unspecified atom stereocenters. The summed E-state index contributed by atoms with van der Waals surface area (Å²) in [5.41, 5.74) is 0. The summed E-state index contributed by atoms with van der Waals surface area (Å²) < 4.78 is 21.7. The van der Waals surface area contributed by atoms with Crippen molar-refractivity contribution in [2.24, 2.45) is 5.92 Å². The summed E-state index contributed by atoms with van der Waals surface area (Å²) in [7, 11) is -3.26. The zero-order valence-corrected chi connectivity index (χ0v) is 10.7. The number of hydrogen-bond donors (Lipinski definition) is 2. The SMILES string of the molecule is CCCC(CCO)CNC(=O)CS(C)(=O)=O. The molecule has 0 fully saturated rings. The van der Waals surface area contributed by atoms with Crippen molar-refractivity contribution < 1.29 is 18.3 Å². The number of nitrogens with one attached hydrogen (secondary N) is 1. The first-order valence-corrected chi connectivity index (χ1v) is 7.50. The molecule has 96 valence electrons. The van der Waals surface area contributed by atoms with Gasteiger partial charge in [0.15, 0.2) is 9.84 Å². The Morgan fingerprint density at radius 1 is 1.38 bits per heavy atom. The number of hydrogen-bond acceptors (Lipinski definition) is 4. The van der Waals surface area contributed by atoms with Crippen molar-refractivity contribution in [2.45, 2.75) is 26.2 Å². The van der Waals surface area contributed by atoms with E-state index in [2.05, 4.69) is 5.32 Å². The Morgan fingerprint density at radius 3 is 2.44 bits per heavy atom. The molecule has 0 saturated carbocycles. The number of aliphatic hydroxyl groups excluding tert-OH is 1. The van der Waals surface area contributed by atoms with Crippen molar-refractivity contribution in [2.75, 3.05) is 25.2 Å². The lowest BCUT2D eigenvalue weighted by Gasteiger charge is -2.15. The third kappa shape index (κ3) is 8.67. The summed E-state index contributed by atoms with van der Waals surface area (Å²) in [5, 5.41) is 11.4. The Labute approximate surface area is 97.2 Å². The molecule has 0 saturated heterocycles. The van der Waals surface area contributed by atoms with E-state index in [1.807, 2.05) is 6.92 Å². The molecule has 0 spiro atoms. The Balaban J connectivity index is 3.95. The zero-order valence-electron chi connectivity index (χ0n) is 9.90. The fourth-order valence-corrected chi connectivity index (χ4v) is 2.06. The van der Waals surface area contributed by atoms with E-state index in [0.717, 1.165) is 19.1 Å². The van der Waals surface area contributed by atoms with Gasteiger partial charge in [0.2, 0.25) is 5.91 Å². The van der Waals surface area contributed by atoms with E-state index < -0.39 is 21.5 Å². The average molecular weight is 251 g/mol. The smallest absolute Gasteiger partial charge is 0.235 e. The van der Waals surface area contributed by atoms with Gasteiger partial charge in [0, 0.05) is 19.4 Å². The first-order chi connectivity index (χ1) is 7.39. The standard InChI is InChI=1S/C10H21NO4S/c1-3-4-9(5-6-12)7-11-10(13)8-16(2,14)15/h9,12H,3-8H2,1-2H3,(H,11,13). The second-order valence-corrected chi connectivity index (χ2v) is 6.18. The van der Waals surface area contributed by atoms with Crippen molar-refractivity contribution in [1.82, 2.24) is 5.32 Å². The molecule has 0 aromatic carbocycles. The number of carbonyl (C=O) groups is 1. The minimum absolute atomic E-state index is 0.0899. The maximum Gasteiger partial charge on any atom is 0.235 e. The van der Waals surface area contributed by atoms with E-state index in [1.54, 1.807) is 0 Å². The lowest BCUT2D eigenvalue weighted by atomic mass is 10.0. The highest BCUT2D eigenvalue weighted by molar-refractivity contribution is 7.91. The molecular weight excluding hydrogens is 230 g/mol. The lowest BCUT2D eigenvalue weighted by Crippen LogP contribution is -2.34. The minimum Gasteiger partial charge on any atom is -0.396 e. The van der Waals surface area contributed by atoms with Gasteiger partial charge in [-0.3, -0.25) is 4.79 Å². The fraction of sp³-hybridized carbons (Fsp3) is 0.900. The Bertz CT molecular complexity index is 294. The highest BCUT2D eigenvalue weighted by Gasteiger charge is 2.13. The molecule has 0 heterocycles. The van der Waals surface area contributed by atoms with E-state index in [0.29, 0.717) is 13.0 Å². The van der Waals surface area contributed by atoms with Crippen LogP contribution in [0.5, 0.6) is 0 Å². The van der Waals surface area contributed by atoms with Crippen LogP contribution in [0.1, 0.15) is 26.2 Å². The molecule has 0 aliphatic rings. The number of carbonyl (C=O) groups excluding carboxylic acids is 1. The quantitative estimate of drug-likeness (QED) is 0.633. The Kier molecular flexibility index (Phi) is 7.33. The van der Waals surface area contributed by atoms with Crippen LogP contribution in [0.15, 0.2) is 0 Å². The molecule has 2 N–H and O–H groups in total. The second kappa shape index (κ2) is 7.62. The Hall–Kier alpha value is -0.620. The molecule has 1 atom stereocenters. The van der Waals surface area contributed by atoms with E-state index in [9.17, 15) is 13.2 Å². The van der Waals surface area contributed by atoms with Gasteiger partial charge in [0.05, 0.1) is 0 Å². The van der Waals surface area contributed by atoms with Gasteiger partial charge in [0.25, 0.3) is 0 Å². The van der Waals surface area contributed by atoms with E-state index >= 15 is 0 Å². The van der Waals surface area contributed by atoms with Crippen LogP contribution < -0.4 is 5.32 Å². The number of amides is 1. The van der Waals surface area contributed by atoms with Gasteiger partial charge in [-0.1, -0.05) is 13.3 Å². The highest BCUT2D eigenvalue weighted by Crippen LogP contribution is 2.09. The maximum atomic E-state index is 11.2. The van der Waals surface area contributed by atoms with Gasteiger partial charge in [-0.05, 0) is 18.8 Å². The predicted molar refractivity (Wildman–Crippen MR) is 62.8 cm³/mol. The molecular formula is C10H21NO4S. The topological polar surface area (TPSA) is 83.5 Å². The predicted octanol–water partition coefficient (Wildman–Crippen LogP) is -0.0541. The molecule has 0 aromatic heterocycles. The molecule has 0 rings (SSSR count). The van der Waals surface area contributed by atoms with Gasteiger partial charge in [-0.15, -0.1) is 0 Å². The van der Waals surface area contributed by atoms with Crippen LogP contribution in [0.25, 0.3) is 0 Å². The molecule has 0 aliphatic heterocycles. The first-order valence-electron chi connectivity index (χ1n) is 5.44. The van der Waals surface area contributed by atoms with Gasteiger partial charge in [0.1, 0.15) is 5.75 Å². The third-order valence-electron chi connectivity index (χ3n) is 2.22. The maximum absolute atomic E-state index is 11.2. The summed E-state index contributed by atoms with van der Waals surface area (Å²) in [5.74, 6) is -0.717. The van der Waals surface area contributed by atoms with Crippen LogP contribution in [0, 0.1) is 5.92 Å². The normalized spacial score (nSPS) is 13.4. The summed E-state index contributed by atoms with van der Waals surface area (Å²) in [6.45, 7) is 2.55. The van der Waals surface area contributed by atoms with Gasteiger partial charge in [-0.25, -0.2) is 8.42 Å². The van der Waals surface area contributed by atoms with Crippen molar-refractivity contribution >= 4 is 15.7 Å². The van der Waals surface area contributed by atoms with Crippen LogP contribution >= 0.6 is 0 Å². The highest BCUT2D eigenvalue weighted by atomic mass is 32.2. The van der Waals surface area contributed by atoms with Crippen LogP contribution in [0.3, 0.4) is 0 Å². The van der Waals surface area contributed by atoms with E-state index in [-0.39, 0.29) is 12.5 Å². The lowest BCUT2D eigenvalue weighted by molar-refractivity contribution is -0.118. The molecule has 0 radical (unpaired) electrons. The van der Waals surface area contributed by atoms with Gasteiger partial charge in [-0.2, -0.15) is 0 Å². The van der Waals surface area contributed by atoms with Crippen LogP contribution in [0.2, 0.25) is 0 Å². The number of aliphatic hydroxyl groups is 1. The minimum atomic E-state index is -3.26. The molecule has 16 heavy (non-hydrogen) atoms. The number of sulfone groups is 1. The molecule has 0 aliphatic carbocycles. The van der Waals surface area contributed by atoms with Crippen molar-refractivity contribution in [3.05, 3.63) is 0 Å². The number of rotatable bonds is 8. The van der Waals surface area contributed by atoms with E-state index in [4.69, 9.17) is 5.11 Å². The molecule has 1 amide bonds. The molecule has 0 aromatic rings. The van der Waals surface area contributed by atoms with Gasteiger partial charge < -0.3 is 10.4 Å².